The van der Waals surface area contributed by atoms with Crippen molar-refractivity contribution < 1.29 is 13.2 Å². The van der Waals surface area contributed by atoms with E-state index in [0.717, 1.165) is 16.2 Å². The predicted molar refractivity (Wildman–Crippen MR) is 131 cm³/mol. The smallest absolute Gasteiger partial charge is 0.234 e. The number of halogens is 1. The van der Waals surface area contributed by atoms with Crippen molar-refractivity contribution in [1.82, 2.24) is 14.9 Å². The van der Waals surface area contributed by atoms with Crippen molar-refractivity contribution in [1.29, 1.82) is 0 Å². The Morgan fingerprint density at radius 2 is 1.55 bits per heavy atom. The van der Waals surface area contributed by atoms with Gasteiger partial charge in [-0.15, -0.1) is 10.2 Å². The molecular weight excluding hydrogens is 526 g/mol. The molecule has 0 aliphatic rings. The summed E-state index contributed by atoms with van der Waals surface area (Å²) in [6.45, 7) is 0. The summed E-state index contributed by atoms with van der Waals surface area (Å²) in [5.41, 5.74) is 1.30. The number of carbonyl (C=O) groups is 1. The summed E-state index contributed by atoms with van der Waals surface area (Å²) >= 11 is 4.45. The van der Waals surface area contributed by atoms with Crippen LogP contribution in [0.5, 0.6) is 0 Å². The maximum absolute atomic E-state index is 12.8. The molecule has 0 unspecified atom stereocenters. The van der Waals surface area contributed by atoms with E-state index in [2.05, 4.69) is 31.4 Å². The van der Waals surface area contributed by atoms with Gasteiger partial charge in [0, 0.05) is 15.7 Å². The van der Waals surface area contributed by atoms with Crippen LogP contribution in [0.3, 0.4) is 0 Å². The summed E-state index contributed by atoms with van der Waals surface area (Å²) < 4.78 is 27.7. The zero-order valence-electron chi connectivity index (χ0n) is 17.1. The molecule has 8 nitrogen and oxygen atoms in total. The standard InChI is InChI=1S/C22H18BrN5O3S2/c23-16-8-12-19(13-9-16)33(30,31)18-10-6-15(7-11-18)21-26-27-22(28(21)24)32-14-20(29)25-17-4-2-1-3-5-17/h1-13H,14,24H2,(H,25,29). The van der Waals surface area contributed by atoms with Crippen LogP contribution in [0.2, 0.25) is 0 Å². The van der Waals surface area contributed by atoms with Crippen molar-refractivity contribution in [2.75, 3.05) is 16.9 Å². The molecule has 1 amide bonds. The number of sulfone groups is 1. The Morgan fingerprint density at radius 3 is 2.18 bits per heavy atom. The second-order valence-electron chi connectivity index (χ2n) is 6.86. The monoisotopic (exact) mass is 543 g/mol. The molecule has 0 aliphatic carbocycles. The third kappa shape index (κ3) is 5.27. The summed E-state index contributed by atoms with van der Waals surface area (Å²) in [4.78, 5) is 12.5. The largest absolute Gasteiger partial charge is 0.335 e. The van der Waals surface area contributed by atoms with E-state index in [4.69, 9.17) is 5.84 Å². The zero-order valence-corrected chi connectivity index (χ0v) is 20.3. The highest BCUT2D eigenvalue weighted by Crippen LogP contribution is 2.26. The van der Waals surface area contributed by atoms with E-state index in [1.807, 2.05) is 18.2 Å². The van der Waals surface area contributed by atoms with Gasteiger partial charge < -0.3 is 11.2 Å². The van der Waals surface area contributed by atoms with Crippen molar-refractivity contribution >= 4 is 49.1 Å². The molecule has 1 aromatic heterocycles. The quantitative estimate of drug-likeness (QED) is 0.267. The molecule has 4 rings (SSSR count). The fraction of sp³-hybridized carbons (Fsp3) is 0.0455. The van der Waals surface area contributed by atoms with Gasteiger partial charge in [0.15, 0.2) is 5.82 Å². The number of nitrogens with one attached hydrogen (secondary N) is 1. The number of nitrogens with zero attached hydrogens (tertiary/aromatic N) is 3. The van der Waals surface area contributed by atoms with E-state index in [0.29, 0.717) is 22.2 Å². The molecule has 0 saturated heterocycles. The molecule has 0 fully saturated rings. The number of nitrogens with two attached hydrogens (primary N) is 1. The Labute approximate surface area is 203 Å². The number of rotatable bonds is 7. The lowest BCUT2D eigenvalue weighted by molar-refractivity contribution is -0.113. The summed E-state index contributed by atoms with van der Waals surface area (Å²) in [5.74, 6) is 6.38. The highest BCUT2D eigenvalue weighted by Gasteiger charge is 2.19. The molecule has 0 aliphatic heterocycles. The van der Waals surface area contributed by atoms with Gasteiger partial charge >= 0.3 is 0 Å². The van der Waals surface area contributed by atoms with Crippen LogP contribution in [0.4, 0.5) is 5.69 Å². The number of amides is 1. The number of aromatic nitrogens is 3. The van der Waals surface area contributed by atoms with Crippen LogP contribution in [0.15, 0.2) is 98.3 Å². The van der Waals surface area contributed by atoms with Crippen LogP contribution in [-0.2, 0) is 14.6 Å². The number of benzene rings is 3. The lowest BCUT2D eigenvalue weighted by Crippen LogP contribution is -2.16. The van der Waals surface area contributed by atoms with Crippen molar-refractivity contribution in [3.05, 3.63) is 83.3 Å². The first kappa shape index (κ1) is 23.0. The summed E-state index contributed by atoms with van der Waals surface area (Å²) in [6, 6.07) is 21.8. The topological polar surface area (TPSA) is 120 Å². The van der Waals surface area contributed by atoms with E-state index in [1.54, 1.807) is 48.5 Å². The normalized spacial score (nSPS) is 11.3. The van der Waals surface area contributed by atoms with Crippen LogP contribution < -0.4 is 11.2 Å². The lowest BCUT2D eigenvalue weighted by atomic mass is 10.2. The van der Waals surface area contributed by atoms with Gasteiger partial charge in [-0.05, 0) is 60.7 Å². The van der Waals surface area contributed by atoms with Crippen LogP contribution in [0.25, 0.3) is 11.4 Å². The van der Waals surface area contributed by atoms with Gasteiger partial charge in [0.05, 0.1) is 15.5 Å². The highest BCUT2D eigenvalue weighted by molar-refractivity contribution is 9.10. The molecule has 3 aromatic carbocycles. The molecule has 3 N–H and O–H groups in total. The van der Waals surface area contributed by atoms with Gasteiger partial charge in [0.25, 0.3) is 0 Å². The van der Waals surface area contributed by atoms with Crippen molar-refractivity contribution in [2.45, 2.75) is 14.9 Å². The average Bonchev–Trinajstić information content (AvgIpc) is 3.19. The molecule has 4 aromatic rings. The maximum atomic E-state index is 12.8. The van der Waals surface area contributed by atoms with Gasteiger partial charge in [-0.3, -0.25) is 4.79 Å². The van der Waals surface area contributed by atoms with Gasteiger partial charge in [0.2, 0.25) is 20.9 Å². The third-order valence-corrected chi connectivity index (χ3v) is 7.86. The number of hydrogen-bond donors (Lipinski definition) is 2. The maximum Gasteiger partial charge on any atom is 0.234 e. The number of thioether (sulfide) groups is 1. The second-order valence-corrected chi connectivity index (χ2v) is 10.7. The SMILES string of the molecule is Nn1c(SCC(=O)Nc2ccccc2)nnc1-c1ccc(S(=O)(=O)c2ccc(Br)cc2)cc1. The van der Waals surface area contributed by atoms with Gasteiger partial charge in [-0.1, -0.05) is 45.9 Å². The van der Waals surface area contributed by atoms with E-state index in [-0.39, 0.29) is 21.5 Å². The van der Waals surface area contributed by atoms with E-state index < -0.39 is 9.84 Å². The minimum absolute atomic E-state index is 0.106. The minimum Gasteiger partial charge on any atom is -0.335 e. The summed E-state index contributed by atoms with van der Waals surface area (Å²) in [6.07, 6.45) is 0. The Balaban J connectivity index is 1.46. The Bertz CT molecular complexity index is 1370. The molecule has 33 heavy (non-hydrogen) atoms. The number of para-hydroxylation sites is 1. The van der Waals surface area contributed by atoms with E-state index in [9.17, 15) is 13.2 Å². The molecule has 0 atom stereocenters. The number of nitrogen functional groups attached to an aromatic ring is 1. The van der Waals surface area contributed by atoms with Crippen LogP contribution in [0, 0.1) is 0 Å². The number of carbonyl (C=O) groups excluding carboxylic acids is 1. The van der Waals surface area contributed by atoms with E-state index in [1.165, 1.54) is 16.8 Å². The van der Waals surface area contributed by atoms with Gasteiger partial charge in [-0.2, -0.15) is 0 Å². The van der Waals surface area contributed by atoms with Crippen molar-refractivity contribution in [3.8, 4) is 11.4 Å². The first-order valence-electron chi connectivity index (χ1n) is 9.64. The predicted octanol–water partition coefficient (Wildman–Crippen LogP) is 3.99. The molecule has 0 spiro atoms. The number of anilines is 1. The van der Waals surface area contributed by atoms with Crippen LogP contribution in [-0.4, -0.2) is 35.0 Å². The Kier molecular flexibility index (Phi) is 6.82. The van der Waals surface area contributed by atoms with Crippen LogP contribution >= 0.6 is 27.7 Å². The van der Waals surface area contributed by atoms with E-state index >= 15 is 0 Å². The highest BCUT2D eigenvalue weighted by atomic mass is 79.9. The average molecular weight is 544 g/mol. The molecule has 0 bridgehead atoms. The molecule has 168 valence electrons. The number of hydrogen-bond acceptors (Lipinski definition) is 7. The second kappa shape index (κ2) is 9.77. The first-order chi connectivity index (χ1) is 15.8. The molecule has 1 heterocycles. The zero-order chi connectivity index (χ0) is 23.4. The fourth-order valence-corrected chi connectivity index (χ4v) is 5.14. The van der Waals surface area contributed by atoms with Crippen LogP contribution in [0.1, 0.15) is 0 Å². The van der Waals surface area contributed by atoms with Crippen molar-refractivity contribution in [2.24, 2.45) is 0 Å². The molecular formula is C22H18BrN5O3S2. The summed E-state index contributed by atoms with van der Waals surface area (Å²) in [5, 5.41) is 11.3. The first-order valence-corrected chi connectivity index (χ1v) is 12.9. The van der Waals surface area contributed by atoms with Gasteiger partial charge in [-0.25, -0.2) is 13.1 Å². The Hall–Kier alpha value is -3.15. The summed E-state index contributed by atoms with van der Waals surface area (Å²) in [7, 11) is -3.65. The molecule has 0 radical (unpaired) electrons. The lowest BCUT2D eigenvalue weighted by Gasteiger charge is -2.07. The minimum atomic E-state index is -3.65. The third-order valence-electron chi connectivity index (χ3n) is 4.60. The Morgan fingerprint density at radius 1 is 0.939 bits per heavy atom. The molecule has 11 heteroatoms. The molecule has 0 saturated carbocycles. The fourth-order valence-electron chi connectivity index (χ4n) is 2.95. The van der Waals surface area contributed by atoms with Crippen molar-refractivity contribution in [3.63, 3.8) is 0 Å². The van der Waals surface area contributed by atoms with Gasteiger partial charge in [0.1, 0.15) is 0 Å².